The van der Waals surface area contributed by atoms with Crippen molar-refractivity contribution in [2.45, 2.75) is 49.8 Å². The van der Waals surface area contributed by atoms with Gasteiger partial charge in [-0.25, -0.2) is 18.0 Å². The van der Waals surface area contributed by atoms with E-state index >= 15 is 0 Å². The van der Waals surface area contributed by atoms with Gasteiger partial charge in [-0.1, -0.05) is 44.2 Å². The molecule has 1 fully saturated rings. The highest BCUT2D eigenvalue weighted by molar-refractivity contribution is 7.89. The number of sulfonamides is 1. The summed E-state index contributed by atoms with van der Waals surface area (Å²) in [5.74, 6) is -0.742. The van der Waals surface area contributed by atoms with Crippen LogP contribution in [-0.4, -0.2) is 133 Å². The van der Waals surface area contributed by atoms with Crippen molar-refractivity contribution in [3.63, 3.8) is 0 Å². The lowest BCUT2D eigenvalue weighted by atomic mass is 10.0. The third-order valence-corrected chi connectivity index (χ3v) is 9.58. The molecule has 268 valence electrons. The Hall–Kier alpha value is -3.27. The molecule has 1 amide bonds. The van der Waals surface area contributed by atoms with E-state index in [4.69, 9.17) is 24.7 Å². The van der Waals surface area contributed by atoms with Gasteiger partial charge in [0.2, 0.25) is 10.0 Å². The zero-order valence-electron chi connectivity index (χ0n) is 28.9. The largest absolute Gasteiger partial charge is 0.457 e. The summed E-state index contributed by atoms with van der Waals surface area (Å²) < 4.78 is 51.9. The smallest absolute Gasteiger partial charge is 0.407 e. The molecule has 0 aliphatic carbocycles. The van der Waals surface area contributed by atoms with Crippen LogP contribution in [0.3, 0.4) is 0 Å². The fourth-order valence-corrected chi connectivity index (χ4v) is 6.68. The van der Waals surface area contributed by atoms with Crippen LogP contribution in [0.5, 0.6) is 0 Å². The molecule has 1 aliphatic heterocycles. The molecule has 13 nitrogen and oxygen atoms in total. The first-order valence-electron chi connectivity index (χ1n) is 16.4. The molecule has 3 rings (SSSR count). The molecule has 0 bridgehead atoms. The number of carbonyl (C=O) groups is 2. The molecule has 0 saturated carbocycles. The van der Waals surface area contributed by atoms with Crippen LogP contribution in [0.15, 0.2) is 59.5 Å². The molecule has 0 spiro atoms. The van der Waals surface area contributed by atoms with Crippen molar-refractivity contribution >= 4 is 27.8 Å². The average molecular weight is 692 g/mol. The fraction of sp³-hybridized carbons (Fsp3) is 0.588. The molecule has 2 aromatic rings. The number of ether oxygens (including phenoxy) is 4. The Morgan fingerprint density at radius 1 is 1.00 bits per heavy atom. The summed E-state index contributed by atoms with van der Waals surface area (Å²) in [6.07, 6.45) is -1.40. The minimum atomic E-state index is -4.05. The Morgan fingerprint density at radius 3 is 2.33 bits per heavy atom. The van der Waals surface area contributed by atoms with Gasteiger partial charge >= 0.3 is 12.1 Å². The summed E-state index contributed by atoms with van der Waals surface area (Å²) in [5, 5.41) is 2.88. The molecule has 1 heterocycles. The van der Waals surface area contributed by atoms with Crippen molar-refractivity contribution in [1.82, 2.24) is 19.4 Å². The molecule has 48 heavy (non-hydrogen) atoms. The number of rotatable bonds is 20. The lowest BCUT2D eigenvalue weighted by molar-refractivity contribution is -0.156. The van der Waals surface area contributed by atoms with Gasteiger partial charge in [0.05, 0.1) is 37.3 Å². The maximum Gasteiger partial charge on any atom is 0.407 e. The molecule has 0 radical (unpaired) electrons. The van der Waals surface area contributed by atoms with Gasteiger partial charge < -0.3 is 39.8 Å². The number of alkyl carbamates (subject to hydrolysis) is 1. The zero-order chi connectivity index (χ0) is 35.1. The number of likely N-dealkylation sites (N-methyl/N-ethyl adjacent to an activating group) is 2. The first-order valence-corrected chi connectivity index (χ1v) is 17.8. The number of nitrogen functional groups attached to an aromatic ring is 1. The molecule has 1 saturated heterocycles. The van der Waals surface area contributed by atoms with E-state index in [1.165, 1.54) is 28.6 Å². The van der Waals surface area contributed by atoms with Gasteiger partial charge in [-0.05, 0) is 63.3 Å². The van der Waals surface area contributed by atoms with E-state index in [1.54, 1.807) is 0 Å². The van der Waals surface area contributed by atoms with Gasteiger partial charge in [-0.2, -0.15) is 4.31 Å². The zero-order valence-corrected chi connectivity index (χ0v) is 29.7. The minimum absolute atomic E-state index is 0.0531. The molecule has 0 aromatic heterocycles. The molecule has 14 heteroatoms. The number of benzene rings is 2. The molecule has 1 aliphatic rings. The summed E-state index contributed by atoms with van der Waals surface area (Å²) in [5.41, 5.74) is 7.11. The van der Waals surface area contributed by atoms with Crippen LogP contribution >= 0.6 is 0 Å². The van der Waals surface area contributed by atoms with Crippen LogP contribution in [0.1, 0.15) is 25.8 Å². The van der Waals surface area contributed by atoms with E-state index in [1.807, 2.05) is 65.3 Å². The van der Waals surface area contributed by atoms with Crippen molar-refractivity contribution in [3.05, 3.63) is 60.2 Å². The second-order valence-corrected chi connectivity index (χ2v) is 14.7. The maximum atomic E-state index is 14.0. The highest BCUT2D eigenvalue weighted by Crippen LogP contribution is 2.22. The van der Waals surface area contributed by atoms with E-state index in [-0.39, 0.29) is 36.9 Å². The molecule has 2 aromatic carbocycles. The van der Waals surface area contributed by atoms with E-state index in [0.29, 0.717) is 38.5 Å². The molecule has 3 N–H and O–H groups in total. The van der Waals surface area contributed by atoms with Gasteiger partial charge in [0, 0.05) is 38.3 Å². The number of hydrogen-bond donors (Lipinski definition) is 2. The van der Waals surface area contributed by atoms with Gasteiger partial charge in [0.1, 0.15) is 18.8 Å². The number of carbonyl (C=O) groups excluding carboxylic acids is 2. The Labute approximate surface area is 285 Å². The fourth-order valence-electron chi connectivity index (χ4n) is 5.06. The number of esters is 1. The highest BCUT2D eigenvalue weighted by atomic mass is 32.2. The number of amides is 1. The minimum Gasteiger partial charge on any atom is -0.457 e. The lowest BCUT2D eigenvalue weighted by Crippen LogP contribution is -2.53. The predicted molar refractivity (Wildman–Crippen MR) is 184 cm³/mol. The quantitative estimate of drug-likeness (QED) is 0.120. The van der Waals surface area contributed by atoms with Crippen molar-refractivity contribution in [2.75, 3.05) is 86.0 Å². The van der Waals surface area contributed by atoms with E-state index in [9.17, 15) is 18.0 Å². The average Bonchev–Trinajstić information content (AvgIpc) is 3.54. The standard InChI is InChI=1S/C34H53N5O8S/c1-26(2)22-39(48(42,43)30-13-11-28(35)12-14-30)23-32(47-33(40)25-45-20-18-38(5)17-16-37(3)4)31(21-27-9-7-6-8-10-27)36-34(41)46-29-15-19-44-24-29/h6-14,26,29,31-32H,15-25,35H2,1-5H3,(H,36,41). The number of anilines is 1. The number of nitrogens with one attached hydrogen (secondary N) is 1. The second kappa shape index (κ2) is 19.7. The Morgan fingerprint density at radius 2 is 1.71 bits per heavy atom. The van der Waals surface area contributed by atoms with Crippen LogP contribution in [0, 0.1) is 5.92 Å². The van der Waals surface area contributed by atoms with Crippen molar-refractivity contribution in [3.8, 4) is 0 Å². The molecule has 3 unspecified atom stereocenters. The summed E-state index contributed by atoms with van der Waals surface area (Å²) in [6, 6.07) is 14.5. The van der Waals surface area contributed by atoms with Crippen LogP contribution in [-0.2, 0) is 40.2 Å². The first-order chi connectivity index (χ1) is 22.8. The number of nitrogens with zero attached hydrogens (tertiary/aromatic N) is 3. The highest BCUT2D eigenvalue weighted by Gasteiger charge is 2.35. The maximum absolute atomic E-state index is 14.0. The molecular weight excluding hydrogens is 638 g/mol. The lowest BCUT2D eigenvalue weighted by Gasteiger charge is -2.33. The third-order valence-electron chi connectivity index (χ3n) is 7.73. The van der Waals surface area contributed by atoms with Gasteiger partial charge in [-0.3, -0.25) is 0 Å². The summed E-state index contributed by atoms with van der Waals surface area (Å²) in [6.45, 7) is 6.79. The summed E-state index contributed by atoms with van der Waals surface area (Å²) in [7, 11) is 1.93. The van der Waals surface area contributed by atoms with Crippen LogP contribution in [0.25, 0.3) is 0 Å². The van der Waals surface area contributed by atoms with Crippen molar-refractivity contribution in [2.24, 2.45) is 5.92 Å². The van der Waals surface area contributed by atoms with Crippen molar-refractivity contribution < 1.29 is 37.0 Å². The topological polar surface area (TPSA) is 153 Å². The van der Waals surface area contributed by atoms with Crippen LogP contribution in [0.2, 0.25) is 0 Å². The summed E-state index contributed by atoms with van der Waals surface area (Å²) >= 11 is 0. The van der Waals surface area contributed by atoms with Crippen LogP contribution < -0.4 is 11.1 Å². The first kappa shape index (κ1) is 39.2. The van der Waals surface area contributed by atoms with E-state index in [2.05, 4.69) is 15.1 Å². The Bertz CT molecular complexity index is 1360. The van der Waals surface area contributed by atoms with Crippen LogP contribution in [0.4, 0.5) is 10.5 Å². The Kier molecular flexibility index (Phi) is 16.0. The van der Waals surface area contributed by atoms with Crippen molar-refractivity contribution in [1.29, 1.82) is 0 Å². The van der Waals surface area contributed by atoms with E-state index < -0.39 is 40.3 Å². The Balaban J connectivity index is 1.87. The van der Waals surface area contributed by atoms with E-state index in [0.717, 1.165) is 18.7 Å². The molecular formula is C34H53N5O8S. The monoisotopic (exact) mass is 691 g/mol. The summed E-state index contributed by atoms with van der Waals surface area (Å²) in [4.78, 5) is 30.7. The van der Waals surface area contributed by atoms with Gasteiger partial charge in [-0.15, -0.1) is 0 Å². The number of hydrogen-bond acceptors (Lipinski definition) is 11. The normalized spacial score (nSPS) is 16.4. The van der Waals surface area contributed by atoms with Gasteiger partial charge in [0.25, 0.3) is 0 Å². The second-order valence-electron chi connectivity index (χ2n) is 12.8. The molecule has 3 atom stereocenters. The predicted octanol–water partition coefficient (Wildman–Crippen LogP) is 2.46. The SMILES string of the molecule is CC(C)CN(CC(OC(=O)COCCN(C)CCN(C)C)C(Cc1ccccc1)NC(=O)OC1CCOC1)S(=O)(=O)c1ccc(N)cc1. The number of nitrogens with two attached hydrogens (primary N) is 1. The third kappa shape index (κ3) is 13.7. The van der Waals surface area contributed by atoms with Gasteiger partial charge in [0.15, 0.2) is 0 Å².